The number of unbranched alkanes of at least 4 members (excludes halogenated alkanes) is 10. The monoisotopic (exact) mass is 636 g/mol. The van der Waals surface area contributed by atoms with Crippen molar-refractivity contribution in [1.29, 1.82) is 0 Å². The topological polar surface area (TPSA) is 59.1 Å². The van der Waals surface area contributed by atoms with Gasteiger partial charge in [0.25, 0.3) is 0 Å². The lowest BCUT2D eigenvalue weighted by atomic mass is 9.96. The molecule has 0 amide bonds. The molecular weight excluding hydrogens is 572 g/mol. The second kappa shape index (κ2) is 25.4. The molecule has 0 aliphatic heterocycles. The Labute approximate surface area is 281 Å². The molecule has 0 N–H and O–H groups in total. The molecule has 258 valence electrons. The fourth-order valence-electron chi connectivity index (χ4n) is 5.81. The van der Waals surface area contributed by atoms with E-state index >= 15 is 0 Å². The van der Waals surface area contributed by atoms with Crippen LogP contribution in [0.3, 0.4) is 0 Å². The Kier molecular flexibility index (Phi) is 21.8. The predicted octanol–water partition coefficient (Wildman–Crippen LogP) is 9.59. The van der Waals surface area contributed by atoms with Crippen molar-refractivity contribution in [3.8, 4) is 11.1 Å². The van der Waals surface area contributed by atoms with Gasteiger partial charge in [0.15, 0.2) is 0 Å². The van der Waals surface area contributed by atoms with Crippen LogP contribution < -0.4 is 0 Å². The minimum atomic E-state index is -0.164. The van der Waals surface area contributed by atoms with E-state index in [0.29, 0.717) is 12.8 Å². The van der Waals surface area contributed by atoms with E-state index < -0.39 is 0 Å². The molecule has 0 saturated heterocycles. The van der Waals surface area contributed by atoms with Gasteiger partial charge in [-0.1, -0.05) is 127 Å². The third kappa shape index (κ3) is 17.9. The van der Waals surface area contributed by atoms with E-state index in [-0.39, 0.29) is 25.2 Å². The minimum absolute atomic E-state index is 0.164. The van der Waals surface area contributed by atoms with Crippen molar-refractivity contribution >= 4 is 11.9 Å². The molecule has 0 spiro atoms. The van der Waals surface area contributed by atoms with Crippen LogP contribution in [0.1, 0.15) is 128 Å². The molecule has 0 atom stereocenters. The highest BCUT2D eigenvalue weighted by atomic mass is 16.5. The van der Waals surface area contributed by atoms with Crippen molar-refractivity contribution in [2.75, 3.05) is 40.3 Å². The number of esters is 2. The van der Waals surface area contributed by atoms with E-state index in [1.54, 1.807) is 0 Å². The smallest absolute Gasteiger partial charge is 0.306 e. The average Bonchev–Trinajstić information content (AvgIpc) is 3.06. The Morgan fingerprint density at radius 1 is 0.500 bits per heavy atom. The van der Waals surface area contributed by atoms with Gasteiger partial charge in [-0.15, -0.1) is 0 Å². The summed E-state index contributed by atoms with van der Waals surface area (Å²) in [4.78, 5) is 29.8. The lowest BCUT2D eigenvalue weighted by Gasteiger charge is -2.17. The van der Waals surface area contributed by atoms with Crippen molar-refractivity contribution in [2.24, 2.45) is 0 Å². The molecule has 0 fully saturated rings. The van der Waals surface area contributed by atoms with Gasteiger partial charge in [-0.05, 0) is 88.2 Å². The van der Waals surface area contributed by atoms with Crippen molar-refractivity contribution in [2.45, 2.75) is 130 Å². The summed E-state index contributed by atoms with van der Waals surface area (Å²) < 4.78 is 11.4. The first-order valence-electron chi connectivity index (χ1n) is 18.3. The molecule has 0 unspecified atom stereocenters. The predicted molar refractivity (Wildman–Crippen MR) is 192 cm³/mol. The van der Waals surface area contributed by atoms with E-state index in [1.807, 2.05) is 48.5 Å². The molecule has 0 bridgehead atoms. The van der Waals surface area contributed by atoms with Crippen LogP contribution in [-0.4, -0.2) is 62.0 Å². The summed E-state index contributed by atoms with van der Waals surface area (Å²) in [5.74, 6) is -0.329. The number of rotatable bonds is 27. The summed E-state index contributed by atoms with van der Waals surface area (Å²) in [7, 11) is 4.28. The molecule has 0 saturated carbocycles. The highest BCUT2D eigenvalue weighted by molar-refractivity contribution is 5.73. The first kappa shape index (κ1) is 39.5. The van der Waals surface area contributed by atoms with Crippen LogP contribution in [-0.2, 0) is 32.3 Å². The molecular formula is C40H64N2O4. The number of hydrogen-bond acceptors (Lipinski definition) is 6. The van der Waals surface area contributed by atoms with Gasteiger partial charge in [0, 0.05) is 12.8 Å². The molecule has 0 heterocycles. The third-order valence-electron chi connectivity index (χ3n) is 8.73. The number of hydrogen-bond donors (Lipinski definition) is 0. The molecule has 0 aliphatic rings. The first-order chi connectivity index (χ1) is 22.4. The lowest BCUT2D eigenvalue weighted by Crippen LogP contribution is -2.21. The van der Waals surface area contributed by atoms with Crippen molar-refractivity contribution in [3.05, 3.63) is 59.7 Å². The van der Waals surface area contributed by atoms with Gasteiger partial charge < -0.3 is 19.3 Å². The standard InChI is InChI=1S/C40H64N2O4/c1-5-7-9-11-13-19-29-41(3)31-21-27-39(43)45-33-35-23-15-17-25-37(35)38-26-18-16-24-36(38)34-46-40(44)28-22-32-42(4)30-20-14-12-10-8-6-2/h15-18,23-26H,5-14,19-22,27-34H2,1-4H3. The van der Waals surface area contributed by atoms with Crippen LogP contribution in [0.2, 0.25) is 0 Å². The number of nitrogens with zero attached hydrogens (tertiary/aromatic N) is 2. The van der Waals surface area contributed by atoms with Crippen LogP contribution in [0.25, 0.3) is 11.1 Å². The Bertz CT molecular complexity index is 1000. The zero-order chi connectivity index (χ0) is 33.2. The van der Waals surface area contributed by atoms with E-state index in [1.165, 1.54) is 77.0 Å². The van der Waals surface area contributed by atoms with Gasteiger partial charge in [-0.2, -0.15) is 0 Å². The molecule has 6 nitrogen and oxygen atoms in total. The van der Waals surface area contributed by atoms with Crippen LogP contribution in [0.4, 0.5) is 0 Å². The van der Waals surface area contributed by atoms with Crippen LogP contribution in [0.15, 0.2) is 48.5 Å². The SMILES string of the molecule is CCCCCCCCN(C)CCCC(=O)OCc1ccccc1-c1ccccc1COC(=O)CCCN(C)CCCCCCCC. The molecule has 0 aliphatic carbocycles. The molecule has 2 rings (SSSR count). The molecule has 2 aromatic rings. The molecule has 2 aromatic carbocycles. The second-order valence-corrected chi connectivity index (χ2v) is 13.0. The number of carbonyl (C=O) groups excluding carboxylic acids is 2. The Morgan fingerprint density at radius 3 is 1.26 bits per heavy atom. The zero-order valence-corrected chi connectivity index (χ0v) is 29.7. The number of ether oxygens (including phenoxy) is 2. The number of carbonyl (C=O) groups is 2. The van der Waals surface area contributed by atoms with Gasteiger partial charge >= 0.3 is 11.9 Å². The number of benzene rings is 2. The fraction of sp³-hybridized carbons (Fsp3) is 0.650. The maximum atomic E-state index is 12.6. The maximum absolute atomic E-state index is 12.6. The van der Waals surface area contributed by atoms with Crippen LogP contribution in [0.5, 0.6) is 0 Å². The largest absolute Gasteiger partial charge is 0.461 e. The molecule has 0 aromatic heterocycles. The molecule has 6 heteroatoms. The Morgan fingerprint density at radius 2 is 0.848 bits per heavy atom. The zero-order valence-electron chi connectivity index (χ0n) is 29.7. The van der Waals surface area contributed by atoms with Gasteiger partial charge in [0.05, 0.1) is 0 Å². The lowest BCUT2D eigenvalue weighted by molar-refractivity contribution is -0.146. The summed E-state index contributed by atoms with van der Waals surface area (Å²) in [5.41, 5.74) is 3.89. The summed E-state index contributed by atoms with van der Waals surface area (Å²) in [6.07, 6.45) is 18.0. The van der Waals surface area contributed by atoms with Gasteiger partial charge in [0.2, 0.25) is 0 Å². The van der Waals surface area contributed by atoms with Gasteiger partial charge in [-0.3, -0.25) is 9.59 Å². The third-order valence-corrected chi connectivity index (χ3v) is 8.73. The summed E-state index contributed by atoms with van der Waals surface area (Å²) in [6, 6.07) is 16.0. The highest BCUT2D eigenvalue weighted by Crippen LogP contribution is 2.28. The van der Waals surface area contributed by atoms with E-state index in [2.05, 4.69) is 37.7 Å². The van der Waals surface area contributed by atoms with Crippen molar-refractivity contribution < 1.29 is 19.1 Å². The highest BCUT2D eigenvalue weighted by Gasteiger charge is 2.13. The van der Waals surface area contributed by atoms with Crippen molar-refractivity contribution in [1.82, 2.24) is 9.80 Å². The minimum Gasteiger partial charge on any atom is -0.461 e. The Balaban J connectivity index is 1.75. The van der Waals surface area contributed by atoms with Crippen molar-refractivity contribution in [3.63, 3.8) is 0 Å². The molecule has 46 heavy (non-hydrogen) atoms. The Hall–Kier alpha value is -2.70. The van der Waals surface area contributed by atoms with Crippen LogP contribution >= 0.6 is 0 Å². The van der Waals surface area contributed by atoms with Gasteiger partial charge in [0.1, 0.15) is 13.2 Å². The summed E-state index contributed by atoms with van der Waals surface area (Å²) in [5, 5.41) is 0. The van der Waals surface area contributed by atoms with E-state index in [0.717, 1.165) is 61.3 Å². The fourth-order valence-corrected chi connectivity index (χ4v) is 5.81. The summed E-state index contributed by atoms with van der Waals surface area (Å²) >= 11 is 0. The van der Waals surface area contributed by atoms with E-state index in [4.69, 9.17) is 9.47 Å². The quantitative estimate of drug-likeness (QED) is 0.0719. The second-order valence-electron chi connectivity index (χ2n) is 13.0. The first-order valence-corrected chi connectivity index (χ1v) is 18.3. The normalized spacial score (nSPS) is 11.3. The summed E-state index contributed by atoms with van der Waals surface area (Å²) in [6.45, 7) is 8.92. The van der Waals surface area contributed by atoms with Crippen LogP contribution in [0, 0.1) is 0 Å². The van der Waals surface area contributed by atoms with E-state index in [9.17, 15) is 9.59 Å². The average molecular weight is 637 g/mol. The van der Waals surface area contributed by atoms with Gasteiger partial charge in [-0.25, -0.2) is 0 Å². The molecule has 0 radical (unpaired) electrons. The maximum Gasteiger partial charge on any atom is 0.306 e.